The van der Waals surface area contributed by atoms with Crippen molar-refractivity contribution in [2.75, 3.05) is 6.54 Å². The smallest absolute Gasteiger partial charge is 0.123 e. The third kappa shape index (κ3) is 3.27. The standard InChI is InChI=1S/C15H14Cl2FN/c1-2-19-15(10-6-8-11(18)9-7-10)12-4-3-5-13(16)14(12)17/h3-9,15,19H,2H2,1H3. The molecule has 100 valence electrons. The van der Waals surface area contributed by atoms with Gasteiger partial charge in [0.15, 0.2) is 0 Å². The maximum absolute atomic E-state index is 13.0. The van der Waals surface area contributed by atoms with Gasteiger partial charge in [0.25, 0.3) is 0 Å². The van der Waals surface area contributed by atoms with E-state index in [-0.39, 0.29) is 11.9 Å². The summed E-state index contributed by atoms with van der Waals surface area (Å²) in [4.78, 5) is 0. The van der Waals surface area contributed by atoms with Crippen molar-refractivity contribution in [1.29, 1.82) is 0 Å². The maximum Gasteiger partial charge on any atom is 0.123 e. The van der Waals surface area contributed by atoms with E-state index in [4.69, 9.17) is 23.2 Å². The van der Waals surface area contributed by atoms with Crippen molar-refractivity contribution in [3.8, 4) is 0 Å². The van der Waals surface area contributed by atoms with Gasteiger partial charge in [0.1, 0.15) is 5.82 Å². The van der Waals surface area contributed by atoms with Crippen LogP contribution in [0, 0.1) is 5.82 Å². The normalized spacial score (nSPS) is 12.4. The summed E-state index contributed by atoms with van der Waals surface area (Å²) in [6.45, 7) is 2.78. The van der Waals surface area contributed by atoms with Gasteiger partial charge in [0, 0.05) is 0 Å². The molecule has 0 radical (unpaired) electrons. The van der Waals surface area contributed by atoms with E-state index in [1.807, 2.05) is 19.1 Å². The van der Waals surface area contributed by atoms with E-state index in [0.717, 1.165) is 17.7 Å². The minimum absolute atomic E-state index is 0.100. The van der Waals surface area contributed by atoms with Gasteiger partial charge in [-0.3, -0.25) is 0 Å². The molecule has 2 rings (SSSR count). The first kappa shape index (κ1) is 14.3. The lowest BCUT2D eigenvalue weighted by Crippen LogP contribution is -2.22. The molecule has 0 aliphatic rings. The molecular weight excluding hydrogens is 284 g/mol. The van der Waals surface area contributed by atoms with E-state index >= 15 is 0 Å². The average molecular weight is 298 g/mol. The second kappa shape index (κ2) is 6.38. The zero-order valence-electron chi connectivity index (χ0n) is 10.5. The van der Waals surface area contributed by atoms with Crippen molar-refractivity contribution < 1.29 is 4.39 Å². The summed E-state index contributed by atoms with van der Waals surface area (Å²) in [5.41, 5.74) is 1.84. The lowest BCUT2D eigenvalue weighted by molar-refractivity contribution is 0.613. The van der Waals surface area contributed by atoms with Crippen molar-refractivity contribution >= 4 is 23.2 Å². The summed E-state index contributed by atoms with van der Waals surface area (Å²) in [5, 5.41) is 4.38. The van der Waals surface area contributed by atoms with E-state index in [0.29, 0.717) is 10.0 Å². The van der Waals surface area contributed by atoms with Crippen LogP contribution in [0.25, 0.3) is 0 Å². The van der Waals surface area contributed by atoms with Crippen LogP contribution in [0.3, 0.4) is 0 Å². The van der Waals surface area contributed by atoms with Crippen LogP contribution in [-0.4, -0.2) is 6.54 Å². The second-order valence-corrected chi connectivity index (χ2v) is 4.97. The monoisotopic (exact) mass is 297 g/mol. The molecule has 19 heavy (non-hydrogen) atoms. The third-order valence-electron chi connectivity index (χ3n) is 2.90. The molecule has 0 spiro atoms. The zero-order valence-corrected chi connectivity index (χ0v) is 12.0. The van der Waals surface area contributed by atoms with Crippen molar-refractivity contribution in [3.63, 3.8) is 0 Å². The van der Waals surface area contributed by atoms with E-state index in [1.165, 1.54) is 12.1 Å². The van der Waals surface area contributed by atoms with Gasteiger partial charge >= 0.3 is 0 Å². The zero-order chi connectivity index (χ0) is 13.8. The van der Waals surface area contributed by atoms with Gasteiger partial charge in [-0.15, -0.1) is 0 Å². The molecule has 0 heterocycles. The molecule has 2 aromatic carbocycles. The van der Waals surface area contributed by atoms with Gasteiger partial charge in [-0.2, -0.15) is 0 Å². The average Bonchev–Trinajstić information content (AvgIpc) is 2.41. The highest BCUT2D eigenvalue weighted by molar-refractivity contribution is 6.42. The van der Waals surface area contributed by atoms with Crippen molar-refractivity contribution in [3.05, 3.63) is 69.5 Å². The Hall–Kier alpha value is -1.09. The molecule has 4 heteroatoms. The highest BCUT2D eigenvalue weighted by Gasteiger charge is 2.17. The minimum Gasteiger partial charge on any atom is -0.306 e. The number of benzene rings is 2. The van der Waals surface area contributed by atoms with Gasteiger partial charge in [-0.1, -0.05) is 54.4 Å². The Morgan fingerprint density at radius 2 is 1.79 bits per heavy atom. The Kier molecular flexibility index (Phi) is 4.81. The Morgan fingerprint density at radius 1 is 1.11 bits per heavy atom. The fraction of sp³-hybridized carbons (Fsp3) is 0.200. The van der Waals surface area contributed by atoms with E-state index in [1.54, 1.807) is 18.2 Å². The molecule has 0 saturated carbocycles. The quantitative estimate of drug-likeness (QED) is 0.852. The summed E-state index contributed by atoms with van der Waals surface area (Å²) in [6.07, 6.45) is 0. The molecule has 0 aliphatic carbocycles. The fourth-order valence-corrected chi connectivity index (χ4v) is 2.43. The molecular formula is C15H14Cl2FN. The summed E-state index contributed by atoms with van der Waals surface area (Å²) in [7, 11) is 0. The Morgan fingerprint density at radius 3 is 2.42 bits per heavy atom. The Bertz CT molecular complexity index is 555. The lowest BCUT2D eigenvalue weighted by Gasteiger charge is -2.20. The first-order valence-corrected chi connectivity index (χ1v) is 6.81. The molecule has 0 bridgehead atoms. The molecule has 1 N–H and O–H groups in total. The van der Waals surface area contributed by atoms with Gasteiger partial charge < -0.3 is 5.32 Å². The SMILES string of the molecule is CCNC(c1ccc(F)cc1)c1cccc(Cl)c1Cl. The van der Waals surface area contributed by atoms with Crippen molar-refractivity contribution in [1.82, 2.24) is 5.32 Å². The van der Waals surface area contributed by atoms with Gasteiger partial charge in [0.2, 0.25) is 0 Å². The van der Waals surface area contributed by atoms with E-state index < -0.39 is 0 Å². The van der Waals surface area contributed by atoms with Crippen LogP contribution >= 0.6 is 23.2 Å². The molecule has 0 saturated heterocycles. The number of hydrogen-bond donors (Lipinski definition) is 1. The Balaban J connectivity index is 2.45. The summed E-state index contributed by atoms with van der Waals surface area (Å²) in [5.74, 6) is -0.254. The molecule has 1 unspecified atom stereocenters. The molecule has 2 aromatic rings. The number of rotatable bonds is 4. The summed E-state index contributed by atoms with van der Waals surface area (Å²) >= 11 is 12.3. The molecule has 1 nitrogen and oxygen atoms in total. The predicted octanol–water partition coefficient (Wildman–Crippen LogP) is 4.83. The second-order valence-electron chi connectivity index (χ2n) is 4.19. The van der Waals surface area contributed by atoms with Gasteiger partial charge in [-0.05, 0) is 35.9 Å². The maximum atomic E-state index is 13.0. The van der Waals surface area contributed by atoms with Crippen molar-refractivity contribution in [2.45, 2.75) is 13.0 Å². The van der Waals surface area contributed by atoms with E-state index in [9.17, 15) is 4.39 Å². The first-order valence-electron chi connectivity index (χ1n) is 6.06. The van der Waals surface area contributed by atoms with Crippen LogP contribution in [0.15, 0.2) is 42.5 Å². The van der Waals surface area contributed by atoms with Crippen LogP contribution < -0.4 is 5.32 Å². The van der Waals surface area contributed by atoms with E-state index in [2.05, 4.69) is 5.32 Å². The molecule has 0 fully saturated rings. The highest BCUT2D eigenvalue weighted by Crippen LogP contribution is 2.33. The number of nitrogens with one attached hydrogen (secondary N) is 1. The summed E-state index contributed by atoms with van der Waals surface area (Å²) < 4.78 is 13.0. The van der Waals surface area contributed by atoms with Crippen LogP contribution in [0.5, 0.6) is 0 Å². The predicted molar refractivity (Wildman–Crippen MR) is 78.4 cm³/mol. The van der Waals surface area contributed by atoms with Crippen LogP contribution in [0.1, 0.15) is 24.1 Å². The van der Waals surface area contributed by atoms with Crippen LogP contribution in [0.2, 0.25) is 10.0 Å². The first-order chi connectivity index (χ1) is 9.13. The topological polar surface area (TPSA) is 12.0 Å². The number of halogens is 3. The van der Waals surface area contributed by atoms with Crippen LogP contribution in [0.4, 0.5) is 4.39 Å². The lowest BCUT2D eigenvalue weighted by atomic mass is 9.98. The minimum atomic E-state index is -0.254. The summed E-state index contributed by atoms with van der Waals surface area (Å²) in [6, 6.07) is 11.8. The van der Waals surface area contributed by atoms with Gasteiger partial charge in [-0.25, -0.2) is 4.39 Å². The van der Waals surface area contributed by atoms with Crippen LogP contribution in [-0.2, 0) is 0 Å². The molecule has 0 aromatic heterocycles. The van der Waals surface area contributed by atoms with Crippen molar-refractivity contribution in [2.24, 2.45) is 0 Å². The fourth-order valence-electron chi connectivity index (χ4n) is 2.01. The van der Waals surface area contributed by atoms with Gasteiger partial charge in [0.05, 0.1) is 16.1 Å². The third-order valence-corrected chi connectivity index (χ3v) is 3.74. The molecule has 0 aliphatic heterocycles. The highest BCUT2D eigenvalue weighted by atomic mass is 35.5. The number of hydrogen-bond acceptors (Lipinski definition) is 1. The molecule has 1 atom stereocenters. The molecule has 0 amide bonds. The Labute approximate surface area is 122 Å². The largest absolute Gasteiger partial charge is 0.306 e.